The molecule has 25 nitrogen and oxygen atoms in total. The molecule has 11 N–H and O–H groups in total. The van der Waals surface area contributed by atoms with Gasteiger partial charge in [0.1, 0.15) is 55.6 Å². The molecule has 7 amide bonds. The van der Waals surface area contributed by atoms with Gasteiger partial charge in [-0.2, -0.15) is 0 Å². The SMILES string of the molecule is CCCC(C)(C)C1CC(=O)N(CCCCCC(=O)N[C@H](C(=O)NC(C(=O)N[C@@H](C)C(=O)NCOCCCCc2c(C)c(F)cc3nc4c(cc23)Cn2c-4cc3c(c2=O)COC(=O)[C@]3(O)CC)C(C)C)C(C)CC(=O)NC[C@H](O)[C@@H](O)[C@H](O)[C@H](O)CO)C1=O. The number of unbranched alkanes of at least 4 members (excludes halogenated alkanes) is 3. The molecule has 6 rings (SSSR count). The van der Waals surface area contributed by atoms with Crippen LogP contribution in [0, 0.1) is 35.9 Å². The lowest BCUT2D eigenvalue weighted by atomic mass is 9.74. The van der Waals surface area contributed by atoms with Crippen LogP contribution in [0.2, 0.25) is 0 Å². The molecule has 0 bridgehead atoms. The number of nitrogens with zero attached hydrogens (tertiary/aromatic N) is 3. The van der Waals surface area contributed by atoms with Gasteiger partial charge in [0.15, 0.2) is 5.60 Å². The number of aliphatic hydroxyl groups is 6. The predicted molar refractivity (Wildman–Crippen MR) is 317 cm³/mol. The number of hydrogen-bond donors (Lipinski definition) is 11. The normalized spacial score (nSPS) is 19.2. The number of cyclic esters (lactones) is 1. The van der Waals surface area contributed by atoms with Gasteiger partial charge in [0.25, 0.3) is 5.56 Å². The maximum atomic E-state index is 15.5. The van der Waals surface area contributed by atoms with Crippen molar-refractivity contribution >= 4 is 58.2 Å². The summed E-state index contributed by atoms with van der Waals surface area (Å²) < 4.78 is 27.9. The van der Waals surface area contributed by atoms with E-state index < -0.39 is 132 Å². The molecule has 10 atom stereocenters. The summed E-state index contributed by atoms with van der Waals surface area (Å²) in [6.07, 6.45) is -3.48. The van der Waals surface area contributed by atoms with Crippen molar-refractivity contribution in [3.63, 3.8) is 0 Å². The van der Waals surface area contributed by atoms with Gasteiger partial charge in [-0.15, -0.1) is 0 Å². The second-order valence-electron chi connectivity index (χ2n) is 24.7. The highest BCUT2D eigenvalue weighted by molar-refractivity contribution is 6.04. The summed E-state index contributed by atoms with van der Waals surface area (Å²) in [7, 11) is 0. The minimum Gasteiger partial charge on any atom is -0.458 e. The highest BCUT2D eigenvalue weighted by atomic mass is 19.1. The van der Waals surface area contributed by atoms with E-state index in [9.17, 15) is 68.7 Å². The number of rotatable bonds is 33. The van der Waals surface area contributed by atoms with Gasteiger partial charge in [-0.1, -0.05) is 61.3 Å². The highest BCUT2D eigenvalue weighted by Gasteiger charge is 2.47. The summed E-state index contributed by atoms with van der Waals surface area (Å²) in [5, 5.41) is 74.2. The third-order valence-corrected chi connectivity index (χ3v) is 17.3. The molecule has 0 aliphatic carbocycles. The fourth-order valence-electron chi connectivity index (χ4n) is 11.8. The van der Waals surface area contributed by atoms with Gasteiger partial charge < -0.3 is 71.3 Å². The average Bonchev–Trinajstić information content (AvgIpc) is 1.55. The number of pyridine rings is 2. The van der Waals surface area contributed by atoms with Gasteiger partial charge in [-0.3, -0.25) is 43.3 Å². The van der Waals surface area contributed by atoms with E-state index in [-0.39, 0.29) is 80.7 Å². The summed E-state index contributed by atoms with van der Waals surface area (Å²) >= 11 is 0. The van der Waals surface area contributed by atoms with Crippen LogP contribution in [0.1, 0.15) is 154 Å². The summed E-state index contributed by atoms with van der Waals surface area (Å²) in [6.45, 7) is 14.1. The number of nitrogens with one attached hydrogen (secondary N) is 5. The van der Waals surface area contributed by atoms with E-state index in [1.807, 2.05) is 26.8 Å². The number of halogens is 1. The molecule has 1 aromatic carbocycles. The number of carbonyl (C=O) groups is 8. The van der Waals surface area contributed by atoms with Crippen molar-refractivity contribution in [1.82, 2.24) is 41.0 Å². The van der Waals surface area contributed by atoms with Crippen LogP contribution in [0.25, 0.3) is 22.3 Å². The molecule has 88 heavy (non-hydrogen) atoms. The number of likely N-dealkylation sites (tertiary alicyclic amines) is 1. The minimum atomic E-state index is -1.99. The zero-order valence-electron chi connectivity index (χ0n) is 51.8. The first-order valence-corrected chi connectivity index (χ1v) is 30.5. The quantitative estimate of drug-likeness (QED) is 0.0139. The zero-order valence-corrected chi connectivity index (χ0v) is 51.8. The summed E-state index contributed by atoms with van der Waals surface area (Å²) in [4.78, 5) is 126. The topological polar surface area (TPSA) is 375 Å². The van der Waals surface area contributed by atoms with Crippen molar-refractivity contribution in [1.29, 1.82) is 0 Å². The smallest absolute Gasteiger partial charge is 0.343 e. The molecule has 486 valence electrons. The lowest BCUT2D eigenvalue weighted by Crippen LogP contribution is -2.59. The van der Waals surface area contributed by atoms with E-state index in [4.69, 9.17) is 19.6 Å². The Morgan fingerprint density at radius 1 is 0.864 bits per heavy atom. The molecule has 1 saturated heterocycles. The fourth-order valence-corrected chi connectivity index (χ4v) is 11.8. The number of fused-ring (bicyclic) bond motifs is 5. The van der Waals surface area contributed by atoms with E-state index in [2.05, 4.69) is 26.6 Å². The highest BCUT2D eigenvalue weighted by Crippen LogP contribution is 2.41. The Hall–Kier alpha value is -6.81. The van der Waals surface area contributed by atoms with Crippen molar-refractivity contribution in [2.45, 2.75) is 201 Å². The van der Waals surface area contributed by atoms with Crippen molar-refractivity contribution in [2.75, 3.05) is 33.0 Å². The van der Waals surface area contributed by atoms with Gasteiger partial charge in [0.05, 0.1) is 47.6 Å². The summed E-state index contributed by atoms with van der Waals surface area (Å²) in [6, 6.07) is 1.03. The molecular formula is C62H89FN8O17. The molecule has 26 heteroatoms. The molecule has 3 aliphatic rings. The average molecular weight is 1240 g/mol. The number of esters is 1. The molecular weight excluding hydrogens is 1150 g/mol. The van der Waals surface area contributed by atoms with E-state index in [1.54, 1.807) is 33.8 Å². The first-order chi connectivity index (χ1) is 41.5. The van der Waals surface area contributed by atoms with Crippen molar-refractivity contribution in [2.24, 2.45) is 23.2 Å². The number of aromatic nitrogens is 2. The van der Waals surface area contributed by atoms with Crippen LogP contribution in [0.5, 0.6) is 0 Å². The third kappa shape index (κ3) is 16.3. The molecule has 3 unspecified atom stereocenters. The van der Waals surface area contributed by atoms with Crippen molar-refractivity contribution in [3.8, 4) is 11.4 Å². The predicted octanol–water partition coefficient (Wildman–Crippen LogP) is 1.41. The van der Waals surface area contributed by atoms with Crippen LogP contribution >= 0.6 is 0 Å². The Morgan fingerprint density at radius 2 is 1.56 bits per heavy atom. The summed E-state index contributed by atoms with van der Waals surface area (Å²) in [5.41, 5.74) is 0.731. The van der Waals surface area contributed by atoms with Crippen LogP contribution in [-0.4, -0.2) is 168 Å². The van der Waals surface area contributed by atoms with Crippen LogP contribution in [0.3, 0.4) is 0 Å². The Balaban J connectivity index is 1.00. The number of aliphatic hydroxyl groups excluding tert-OH is 5. The molecule has 2 aromatic heterocycles. The lowest BCUT2D eigenvalue weighted by Gasteiger charge is -2.31. The number of hydrogen-bond acceptors (Lipinski definition) is 18. The van der Waals surface area contributed by atoms with Crippen LogP contribution in [0.15, 0.2) is 23.0 Å². The van der Waals surface area contributed by atoms with Gasteiger partial charge in [0.2, 0.25) is 41.4 Å². The van der Waals surface area contributed by atoms with Gasteiger partial charge in [-0.25, -0.2) is 14.2 Å². The van der Waals surface area contributed by atoms with E-state index in [0.29, 0.717) is 71.9 Å². The number of benzene rings is 1. The van der Waals surface area contributed by atoms with Crippen molar-refractivity contribution < 1.29 is 82.9 Å². The maximum Gasteiger partial charge on any atom is 0.343 e. The molecule has 0 radical (unpaired) electrons. The Bertz CT molecular complexity index is 3140. The number of carbonyl (C=O) groups excluding carboxylic acids is 8. The fraction of sp³-hybridized carbons (Fsp3) is 0.645. The number of aryl methyl sites for hydroxylation is 1. The standard InChI is InChI=1S/C62H89FN8O17/c1-10-19-61(8,9)41-25-49(77)70(59(41)84)20-15-12-13-18-47(75)68-51(33(5)22-48(76)64-27-45(73)53(78)54(79)46(74)29-72)57(82)69-50(32(3)4)56(81)66-35(7)55(80)65-31-87-21-16-14-17-37-34(6)42(63)26-43-38(37)23-36-28-71-44(52(36)67-43)24-40-39(58(71)83)30-88-60(85)62(40,86)11-2/h23-24,26,32-33,35,41,45-46,50-51,53-54,72-74,78-79,86H,10-22,25,27-31H2,1-9H3,(H,64,76)(H,65,80)(H,66,81)(H,68,75)(H,69,82)/t33?,35-,41?,45-,46+,50?,51-,53+,54+,62-/m0/s1. The molecule has 3 aromatic rings. The molecule has 5 heterocycles. The van der Waals surface area contributed by atoms with Gasteiger partial charge >= 0.3 is 5.97 Å². The molecule has 1 fully saturated rings. The number of ether oxygens (including phenoxy) is 2. The lowest BCUT2D eigenvalue weighted by molar-refractivity contribution is -0.172. The second kappa shape index (κ2) is 30.6. The van der Waals surface area contributed by atoms with Crippen LogP contribution in [-0.2, 0) is 73.0 Å². The second-order valence-corrected chi connectivity index (χ2v) is 24.7. The number of amides is 7. The maximum absolute atomic E-state index is 15.5. The first kappa shape index (κ1) is 70.3. The number of imide groups is 1. The van der Waals surface area contributed by atoms with E-state index >= 15 is 4.39 Å². The van der Waals surface area contributed by atoms with Crippen molar-refractivity contribution in [3.05, 3.63) is 62.2 Å². The largest absolute Gasteiger partial charge is 0.458 e. The van der Waals surface area contributed by atoms with E-state index in [1.165, 1.54) is 29.4 Å². The molecule has 0 saturated carbocycles. The molecule has 0 spiro atoms. The first-order valence-electron chi connectivity index (χ1n) is 30.5. The van der Waals surface area contributed by atoms with E-state index in [0.717, 1.165) is 18.4 Å². The Kier molecular flexibility index (Phi) is 24.4. The summed E-state index contributed by atoms with van der Waals surface area (Å²) in [5.74, 6) is -7.20. The third-order valence-electron chi connectivity index (χ3n) is 17.3. The van der Waals surface area contributed by atoms with Crippen LogP contribution < -0.4 is 32.1 Å². The van der Waals surface area contributed by atoms with Gasteiger partial charge in [0, 0.05) is 61.5 Å². The zero-order chi connectivity index (χ0) is 65.1. The Morgan fingerprint density at radius 3 is 2.23 bits per heavy atom. The monoisotopic (exact) mass is 1240 g/mol. The minimum absolute atomic E-state index is 0.0106. The van der Waals surface area contributed by atoms with Gasteiger partial charge in [-0.05, 0) is 99.3 Å². The molecule has 3 aliphatic heterocycles. The van der Waals surface area contributed by atoms with Crippen LogP contribution in [0.4, 0.5) is 4.39 Å². The Labute approximate surface area is 510 Å².